The third-order valence-corrected chi connectivity index (χ3v) is 4.20. The lowest BCUT2D eigenvalue weighted by Gasteiger charge is -2.32. The first-order valence-electron chi connectivity index (χ1n) is 7.58. The van der Waals surface area contributed by atoms with Crippen LogP contribution in [0.3, 0.4) is 0 Å². The van der Waals surface area contributed by atoms with E-state index in [9.17, 15) is 9.59 Å². The van der Waals surface area contributed by atoms with Gasteiger partial charge in [-0.2, -0.15) is 0 Å². The van der Waals surface area contributed by atoms with Crippen LogP contribution in [0.5, 0.6) is 0 Å². The van der Waals surface area contributed by atoms with E-state index in [0.717, 1.165) is 12.0 Å². The third-order valence-electron chi connectivity index (χ3n) is 4.20. The number of carbonyl (C=O) groups is 2. The van der Waals surface area contributed by atoms with Crippen LogP contribution in [0.15, 0.2) is 18.2 Å². The largest absolute Gasteiger partial charge is 0.342 e. The quantitative estimate of drug-likeness (QED) is 0.795. The van der Waals surface area contributed by atoms with Crippen molar-refractivity contribution in [1.29, 1.82) is 0 Å². The van der Waals surface area contributed by atoms with Crippen LogP contribution in [0.1, 0.15) is 36.5 Å². The first-order valence-corrected chi connectivity index (χ1v) is 7.58. The van der Waals surface area contributed by atoms with Gasteiger partial charge in [0.25, 0.3) is 0 Å². The van der Waals surface area contributed by atoms with Crippen LogP contribution in [-0.4, -0.2) is 48.3 Å². The number of nitrogens with zero attached hydrogens (tertiary/aromatic N) is 2. The summed E-state index contributed by atoms with van der Waals surface area (Å²) in [6.07, 6.45) is 1.31. The number of rotatable bonds is 4. The molecule has 0 bridgehead atoms. The van der Waals surface area contributed by atoms with E-state index in [1.807, 2.05) is 4.90 Å². The molecule has 2 rings (SSSR count). The summed E-state index contributed by atoms with van der Waals surface area (Å²) in [4.78, 5) is 26.7. The number of hydrogen-bond donors (Lipinski definition) is 0. The van der Waals surface area contributed by atoms with Crippen LogP contribution in [0.25, 0.3) is 0 Å². The van der Waals surface area contributed by atoms with Gasteiger partial charge in [-0.1, -0.05) is 32.0 Å². The predicted octanol–water partition coefficient (Wildman–Crippen LogP) is 1.96. The second-order valence-corrected chi connectivity index (χ2v) is 6.04. The van der Waals surface area contributed by atoms with Crippen molar-refractivity contribution in [2.75, 3.05) is 26.2 Å². The topological polar surface area (TPSA) is 40.6 Å². The number of piperazine rings is 1. The van der Waals surface area contributed by atoms with Crippen LogP contribution < -0.4 is 0 Å². The third kappa shape index (κ3) is 3.84. The van der Waals surface area contributed by atoms with Gasteiger partial charge in [-0.25, -0.2) is 0 Å². The Morgan fingerprint density at radius 3 is 2.48 bits per heavy atom. The van der Waals surface area contributed by atoms with Gasteiger partial charge in [0.2, 0.25) is 12.3 Å². The van der Waals surface area contributed by atoms with Crippen LogP contribution in [-0.2, 0) is 16.0 Å². The molecule has 21 heavy (non-hydrogen) atoms. The standard InChI is InChI=1S/C17H24N2O2/c1-13(2)15-5-4-14(3)16(10-15)11-17(21)19-8-6-18(12-20)7-9-19/h4-5,10,12-13H,6-9,11H2,1-3H3. The average Bonchev–Trinajstić information content (AvgIpc) is 2.49. The Balaban J connectivity index is 2.02. The zero-order valence-corrected chi connectivity index (χ0v) is 13.1. The smallest absolute Gasteiger partial charge is 0.227 e. The van der Waals surface area contributed by atoms with Gasteiger partial charge in [0.1, 0.15) is 0 Å². The van der Waals surface area contributed by atoms with Crippen molar-refractivity contribution in [3.8, 4) is 0 Å². The van der Waals surface area contributed by atoms with Crippen molar-refractivity contribution >= 4 is 12.3 Å². The van der Waals surface area contributed by atoms with E-state index in [1.165, 1.54) is 11.1 Å². The molecule has 1 aromatic rings. The molecule has 1 saturated heterocycles. The molecule has 4 heteroatoms. The normalized spacial score (nSPS) is 15.4. The average molecular weight is 288 g/mol. The number of hydrogen-bond acceptors (Lipinski definition) is 2. The van der Waals surface area contributed by atoms with Crippen LogP contribution in [0.4, 0.5) is 0 Å². The molecule has 2 amide bonds. The van der Waals surface area contributed by atoms with Crippen molar-refractivity contribution in [2.24, 2.45) is 0 Å². The van der Waals surface area contributed by atoms with E-state index in [1.54, 1.807) is 4.90 Å². The minimum atomic E-state index is 0.157. The summed E-state index contributed by atoms with van der Waals surface area (Å²) in [7, 11) is 0. The molecule has 1 aliphatic heterocycles. The molecule has 1 aromatic carbocycles. The van der Waals surface area contributed by atoms with Crippen LogP contribution in [0.2, 0.25) is 0 Å². The van der Waals surface area contributed by atoms with E-state index < -0.39 is 0 Å². The van der Waals surface area contributed by atoms with Gasteiger partial charge in [-0.3, -0.25) is 9.59 Å². The van der Waals surface area contributed by atoms with Crippen LogP contribution in [0, 0.1) is 6.92 Å². The number of benzene rings is 1. The second kappa shape index (κ2) is 6.74. The predicted molar refractivity (Wildman–Crippen MR) is 83.2 cm³/mol. The molecule has 0 radical (unpaired) electrons. The van der Waals surface area contributed by atoms with E-state index in [2.05, 4.69) is 39.0 Å². The maximum absolute atomic E-state index is 12.4. The van der Waals surface area contributed by atoms with Gasteiger partial charge in [-0.15, -0.1) is 0 Å². The molecule has 0 N–H and O–H groups in total. The Morgan fingerprint density at radius 1 is 1.24 bits per heavy atom. The first kappa shape index (κ1) is 15.5. The van der Waals surface area contributed by atoms with Crippen molar-refractivity contribution in [1.82, 2.24) is 9.80 Å². The summed E-state index contributed by atoms with van der Waals surface area (Å²) in [6.45, 7) is 8.93. The van der Waals surface area contributed by atoms with Crippen molar-refractivity contribution in [3.63, 3.8) is 0 Å². The van der Waals surface area contributed by atoms with E-state index in [-0.39, 0.29) is 5.91 Å². The summed E-state index contributed by atoms with van der Waals surface area (Å²) < 4.78 is 0. The summed E-state index contributed by atoms with van der Waals surface area (Å²) in [5, 5.41) is 0. The summed E-state index contributed by atoms with van der Waals surface area (Å²) in [5.74, 6) is 0.625. The van der Waals surface area contributed by atoms with E-state index >= 15 is 0 Å². The minimum Gasteiger partial charge on any atom is -0.342 e. The second-order valence-electron chi connectivity index (χ2n) is 6.04. The lowest BCUT2D eigenvalue weighted by molar-refractivity contribution is -0.134. The molecule has 4 nitrogen and oxygen atoms in total. The first-order chi connectivity index (χ1) is 10.0. The summed E-state index contributed by atoms with van der Waals surface area (Å²) in [6, 6.07) is 6.39. The van der Waals surface area contributed by atoms with E-state index in [0.29, 0.717) is 38.5 Å². The summed E-state index contributed by atoms with van der Waals surface area (Å²) >= 11 is 0. The van der Waals surface area contributed by atoms with Crippen molar-refractivity contribution in [2.45, 2.75) is 33.1 Å². The van der Waals surface area contributed by atoms with Gasteiger partial charge in [0, 0.05) is 26.2 Å². The molecule has 0 aromatic heterocycles. The fourth-order valence-electron chi connectivity index (χ4n) is 2.59. The molecular weight excluding hydrogens is 264 g/mol. The maximum atomic E-state index is 12.4. The molecular formula is C17H24N2O2. The zero-order valence-electron chi connectivity index (χ0n) is 13.1. The molecule has 1 heterocycles. The Bertz CT molecular complexity index is 518. The fraction of sp³-hybridized carbons (Fsp3) is 0.529. The zero-order chi connectivity index (χ0) is 15.4. The Labute approximate surface area is 126 Å². The highest BCUT2D eigenvalue weighted by molar-refractivity contribution is 5.79. The molecule has 0 unspecified atom stereocenters. The SMILES string of the molecule is Cc1ccc(C(C)C)cc1CC(=O)N1CCN(C=O)CC1. The lowest BCUT2D eigenvalue weighted by atomic mass is 9.96. The molecule has 0 atom stereocenters. The van der Waals surface area contributed by atoms with Gasteiger partial charge >= 0.3 is 0 Å². The fourth-order valence-corrected chi connectivity index (χ4v) is 2.59. The molecule has 0 spiro atoms. The van der Waals surface area contributed by atoms with E-state index in [4.69, 9.17) is 0 Å². The molecule has 1 fully saturated rings. The van der Waals surface area contributed by atoms with Crippen LogP contribution >= 0.6 is 0 Å². The van der Waals surface area contributed by atoms with Gasteiger partial charge in [0.05, 0.1) is 6.42 Å². The maximum Gasteiger partial charge on any atom is 0.227 e. The molecule has 0 aliphatic carbocycles. The number of aryl methyl sites for hydroxylation is 1. The van der Waals surface area contributed by atoms with Crippen molar-refractivity contribution in [3.05, 3.63) is 34.9 Å². The molecule has 0 saturated carbocycles. The number of amides is 2. The highest BCUT2D eigenvalue weighted by Gasteiger charge is 2.20. The molecule has 114 valence electrons. The number of carbonyl (C=O) groups excluding carboxylic acids is 2. The highest BCUT2D eigenvalue weighted by atomic mass is 16.2. The Morgan fingerprint density at radius 2 is 1.90 bits per heavy atom. The highest BCUT2D eigenvalue weighted by Crippen LogP contribution is 2.19. The molecule has 1 aliphatic rings. The van der Waals surface area contributed by atoms with Gasteiger partial charge < -0.3 is 9.80 Å². The Hall–Kier alpha value is -1.84. The van der Waals surface area contributed by atoms with Gasteiger partial charge in [0.15, 0.2) is 0 Å². The lowest BCUT2D eigenvalue weighted by Crippen LogP contribution is -2.48. The van der Waals surface area contributed by atoms with Gasteiger partial charge in [-0.05, 0) is 29.5 Å². The Kier molecular flexibility index (Phi) is 4.99. The summed E-state index contributed by atoms with van der Waals surface area (Å²) in [5.41, 5.74) is 3.55. The monoisotopic (exact) mass is 288 g/mol. The van der Waals surface area contributed by atoms with Crippen molar-refractivity contribution < 1.29 is 9.59 Å². The minimum absolute atomic E-state index is 0.157.